The Morgan fingerprint density at radius 1 is 0.968 bits per heavy atom. The summed E-state index contributed by atoms with van der Waals surface area (Å²) in [5, 5.41) is 2.82. The SMILES string of the molecule is Cc1cccc(C)c1NC(=O)CN(C)C(=O)CN(C)Cc1ccccc1OC(F)(F)F. The van der Waals surface area contributed by atoms with E-state index in [1.165, 1.54) is 30.1 Å². The summed E-state index contributed by atoms with van der Waals surface area (Å²) < 4.78 is 41.7. The number of carbonyl (C=O) groups excluding carboxylic acids is 2. The van der Waals surface area contributed by atoms with Gasteiger partial charge in [-0.1, -0.05) is 36.4 Å². The summed E-state index contributed by atoms with van der Waals surface area (Å²) in [5.41, 5.74) is 2.85. The lowest BCUT2D eigenvalue weighted by Crippen LogP contribution is -2.40. The van der Waals surface area contributed by atoms with Gasteiger partial charge in [0.05, 0.1) is 13.1 Å². The maximum Gasteiger partial charge on any atom is 0.573 e. The number of aryl methyl sites for hydroxylation is 2. The number of hydrogen-bond donors (Lipinski definition) is 1. The second-order valence-electron chi connectivity index (χ2n) is 7.39. The molecule has 0 radical (unpaired) electrons. The van der Waals surface area contributed by atoms with Crippen LogP contribution in [0.1, 0.15) is 16.7 Å². The lowest BCUT2D eigenvalue weighted by atomic mass is 10.1. The molecule has 0 bridgehead atoms. The molecule has 0 heterocycles. The third-order valence-electron chi connectivity index (χ3n) is 4.60. The standard InChI is InChI=1S/C22H26F3N3O3/c1-15-8-7-9-16(2)21(15)26-19(29)13-28(4)20(30)14-27(3)12-17-10-5-6-11-18(17)31-22(23,24)25/h5-11H,12-14H2,1-4H3,(H,26,29). The van der Waals surface area contributed by atoms with Gasteiger partial charge in [0.15, 0.2) is 0 Å². The zero-order chi connectivity index (χ0) is 23.2. The Morgan fingerprint density at radius 3 is 2.19 bits per heavy atom. The van der Waals surface area contributed by atoms with Gasteiger partial charge < -0.3 is 15.0 Å². The first kappa shape index (κ1) is 24.2. The van der Waals surface area contributed by atoms with Crippen molar-refractivity contribution in [3.8, 4) is 5.75 Å². The van der Waals surface area contributed by atoms with Gasteiger partial charge in [0.25, 0.3) is 0 Å². The Hall–Kier alpha value is -3.07. The van der Waals surface area contributed by atoms with E-state index in [1.807, 2.05) is 32.0 Å². The molecule has 168 valence electrons. The molecule has 0 aromatic heterocycles. The zero-order valence-corrected chi connectivity index (χ0v) is 17.9. The zero-order valence-electron chi connectivity index (χ0n) is 17.9. The summed E-state index contributed by atoms with van der Waals surface area (Å²) >= 11 is 0. The number of nitrogens with zero attached hydrogens (tertiary/aromatic N) is 2. The van der Waals surface area contributed by atoms with E-state index in [4.69, 9.17) is 0 Å². The number of halogens is 3. The van der Waals surface area contributed by atoms with Crippen molar-refractivity contribution in [1.29, 1.82) is 0 Å². The third-order valence-corrected chi connectivity index (χ3v) is 4.60. The lowest BCUT2D eigenvalue weighted by Gasteiger charge is -2.23. The second kappa shape index (κ2) is 10.3. The number of carbonyl (C=O) groups is 2. The van der Waals surface area contributed by atoms with Crippen LogP contribution in [0.2, 0.25) is 0 Å². The predicted octanol–water partition coefficient (Wildman–Crippen LogP) is 3.73. The number of hydrogen-bond acceptors (Lipinski definition) is 4. The van der Waals surface area contributed by atoms with Crippen LogP contribution in [-0.4, -0.2) is 55.2 Å². The van der Waals surface area contributed by atoms with E-state index in [2.05, 4.69) is 10.1 Å². The van der Waals surface area contributed by atoms with E-state index in [-0.39, 0.29) is 37.2 Å². The molecule has 1 N–H and O–H groups in total. The molecule has 9 heteroatoms. The summed E-state index contributed by atoms with van der Waals surface area (Å²) in [6, 6.07) is 11.4. The van der Waals surface area contributed by atoms with Crippen LogP contribution in [0.4, 0.5) is 18.9 Å². The first-order valence-electron chi connectivity index (χ1n) is 9.58. The Bertz CT molecular complexity index is 911. The second-order valence-corrected chi connectivity index (χ2v) is 7.39. The number of benzene rings is 2. The summed E-state index contributed by atoms with van der Waals surface area (Å²) in [5.74, 6) is -0.983. The van der Waals surface area contributed by atoms with Gasteiger partial charge in [0, 0.05) is 24.8 Å². The van der Waals surface area contributed by atoms with Crippen molar-refractivity contribution >= 4 is 17.5 Å². The summed E-state index contributed by atoms with van der Waals surface area (Å²) in [6.07, 6.45) is -4.80. The van der Waals surface area contributed by atoms with Crippen LogP contribution in [0.25, 0.3) is 0 Å². The van der Waals surface area contributed by atoms with Gasteiger partial charge in [-0.2, -0.15) is 0 Å². The molecule has 31 heavy (non-hydrogen) atoms. The highest BCUT2D eigenvalue weighted by Crippen LogP contribution is 2.27. The quantitative estimate of drug-likeness (QED) is 0.684. The Kier molecular flexibility index (Phi) is 8.04. The fourth-order valence-electron chi connectivity index (χ4n) is 3.05. The molecular formula is C22H26F3N3O3. The van der Waals surface area contributed by atoms with E-state index >= 15 is 0 Å². The van der Waals surface area contributed by atoms with Crippen molar-refractivity contribution in [1.82, 2.24) is 9.80 Å². The Morgan fingerprint density at radius 2 is 1.58 bits per heavy atom. The van der Waals surface area contributed by atoms with E-state index in [1.54, 1.807) is 18.0 Å². The van der Waals surface area contributed by atoms with E-state index in [9.17, 15) is 22.8 Å². The number of alkyl halides is 3. The topological polar surface area (TPSA) is 61.9 Å². The maximum atomic E-state index is 12.6. The molecule has 0 unspecified atom stereocenters. The molecule has 0 saturated carbocycles. The fourth-order valence-corrected chi connectivity index (χ4v) is 3.05. The molecule has 2 rings (SSSR count). The lowest BCUT2D eigenvalue weighted by molar-refractivity contribution is -0.275. The third kappa shape index (κ3) is 7.60. The van der Waals surface area contributed by atoms with Crippen LogP contribution >= 0.6 is 0 Å². The van der Waals surface area contributed by atoms with Crippen LogP contribution in [0, 0.1) is 13.8 Å². The minimum Gasteiger partial charge on any atom is -0.405 e. The Balaban J connectivity index is 1.92. The van der Waals surface area contributed by atoms with Crippen molar-refractivity contribution < 1.29 is 27.5 Å². The van der Waals surface area contributed by atoms with Gasteiger partial charge >= 0.3 is 6.36 Å². The first-order valence-corrected chi connectivity index (χ1v) is 9.58. The molecule has 2 amide bonds. The fraction of sp³-hybridized carbons (Fsp3) is 0.364. The van der Waals surface area contributed by atoms with Crippen LogP contribution < -0.4 is 10.1 Å². The predicted molar refractivity (Wildman–Crippen MR) is 112 cm³/mol. The van der Waals surface area contributed by atoms with Crippen LogP contribution in [0.5, 0.6) is 5.75 Å². The molecule has 0 aliphatic carbocycles. The molecular weight excluding hydrogens is 411 g/mol. The van der Waals surface area contributed by atoms with Crippen LogP contribution in [0.15, 0.2) is 42.5 Å². The molecule has 0 aliphatic rings. The van der Waals surface area contributed by atoms with Gasteiger partial charge in [-0.25, -0.2) is 0 Å². The van der Waals surface area contributed by atoms with Crippen LogP contribution in [0.3, 0.4) is 0 Å². The van der Waals surface area contributed by atoms with Gasteiger partial charge in [0.2, 0.25) is 11.8 Å². The highest BCUT2D eigenvalue weighted by Gasteiger charge is 2.32. The van der Waals surface area contributed by atoms with Crippen LogP contribution in [-0.2, 0) is 16.1 Å². The minimum atomic E-state index is -4.80. The number of nitrogens with one attached hydrogen (secondary N) is 1. The molecule has 0 saturated heterocycles. The highest BCUT2D eigenvalue weighted by molar-refractivity contribution is 5.95. The number of likely N-dealkylation sites (N-methyl/N-ethyl adjacent to an activating group) is 2. The molecule has 0 spiro atoms. The Labute approximate surface area is 179 Å². The summed E-state index contributed by atoms with van der Waals surface area (Å²) in [4.78, 5) is 27.6. The van der Waals surface area contributed by atoms with Crippen molar-refractivity contribution in [2.24, 2.45) is 0 Å². The molecule has 2 aromatic carbocycles. The number of ether oxygens (including phenoxy) is 1. The number of amides is 2. The monoisotopic (exact) mass is 437 g/mol. The van der Waals surface area contributed by atoms with E-state index in [0.717, 1.165) is 11.1 Å². The molecule has 6 nitrogen and oxygen atoms in total. The molecule has 0 atom stereocenters. The number of para-hydroxylation sites is 2. The average molecular weight is 437 g/mol. The minimum absolute atomic E-state index is 0.0699. The van der Waals surface area contributed by atoms with Gasteiger partial charge in [-0.15, -0.1) is 13.2 Å². The molecule has 0 fully saturated rings. The number of anilines is 1. The summed E-state index contributed by atoms with van der Waals surface area (Å²) in [7, 11) is 3.11. The molecule has 2 aromatic rings. The van der Waals surface area contributed by atoms with Crippen molar-refractivity contribution in [3.05, 3.63) is 59.2 Å². The van der Waals surface area contributed by atoms with Crippen molar-refractivity contribution in [2.75, 3.05) is 32.5 Å². The smallest absolute Gasteiger partial charge is 0.405 e. The van der Waals surface area contributed by atoms with Gasteiger partial charge in [-0.3, -0.25) is 14.5 Å². The van der Waals surface area contributed by atoms with Crippen molar-refractivity contribution in [3.63, 3.8) is 0 Å². The summed E-state index contributed by atoms with van der Waals surface area (Å²) in [6.45, 7) is 3.61. The number of rotatable bonds is 8. The highest BCUT2D eigenvalue weighted by atomic mass is 19.4. The van der Waals surface area contributed by atoms with Crippen molar-refractivity contribution in [2.45, 2.75) is 26.8 Å². The van der Waals surface area contributed by atoms with E-state index < -0.39 is 6.36 Å². The van der Waals surface area contributed by atoms with E-state index in [0.29, 0.717) is 11.3 Å². The largest absolute Gasteiger partial charge is 0.573 e. The molecule has 0 aliphatic heterocycles. The normalized spacial score (nSPS) is 11.4. The van der Waals surface area contributed by atoms with Gasteiger partial charge in [-0.05, 0) is 38.1 Å². The average Bonchev–Trinajstić information content (AvgIpc) is 2.65. The van der Waals surface area contributed by atoms with Gasteiger partial charge in [0.1, 0.15) is 5.75 Å². The first-order chi connectivity index (χ1) is 14.5. The maximum absolute atomic E-state index is 12.6.